The number of hydrogen-bond donors (Lipinski definition) is 3. The first-order valence-corrected chi connectivity index (χ1v) is 15.1. The Morgan fingerprint density at radius 1 is 1.05 bits per heavy atom. The van der Waals surface area contributed by atoms with E-state index in [2.05, 4.69) is 43.0 Å². The van der Waals surface area contributed by atoms with E-state index in [0.717, 1.165) is 11.1 Å². The summed E-state index contributed by atoms with van der Waals surface area (Å²) in [5, 5.41) is 8.09. The molecule has 1 saturated carbocycles. The standard InChI is InChI=1S/C33H44N4O6/c1-7-9-14-24(28(38)30(40)34-15-8-2)35-29(39)27-25-23(33(25,5)6)18-37(27)31(41)26(36-32(42)43-19(3)4)22-16-20-12-10-11-13-21(20)17-22/h7-8,10-13,19,22-27H,1-2,9,14-18H2,3-6H3,(H,34,40)(H,35,39)(H,36,42). The molecule has 5 atom stereocenters. The van der Waals surface area contributed by atoms with Crippen LogP contribution < -0.4 is 16.0 Å². The molecule has 1 aromatic rings. The lowest BCUT2D eigenvalue weighted by Crippen LogP contribution is -2.59. The number of carbonyl (C=O) groups is 5. The molecule has 3 N–H and O–H groups in total. The molecule has 0 aromatic heterocycles. The molecule has 232 valence electrons. The largest absolute Gasteiger partial charge is 0.447 e. The van der Waals surface area contributed by atoms with Crippen LogP contribution in [-0.4, -0.2) is 71.8 Å². The average Bonchev–Trinajstić information content (AvgIpc) is 3.33. The van der Waals surface area contributed by atoms with Crippen molar-refractivity contribution in [3.05, 3.63) is 60.7 Å². The molecule has 5 unspecified atom stereocenters. The van der Waals surface area contributed by atoms with E-state index in [4.69, 9.17) is 4.74 Å². The molecule has 10 nitrogen and oxygen atoms in total. The van der Waals surface area contributed by atoms with Gasteiger partial charge in [0.2, 0.25) is 17.6 Å². The zero-order valence-electron chi connectivity index (χ0n) is 25.6. The zero-order chi connectivity index (χ0) is 31.5. The van der Waals surface area contributed by atoms with Gasteiger partial charge in [0.1, 0.15) is 12.1 Å². The molecule has 4 rings (SSSR count). The Balaban J connectivity index is 1.58. The average molecular weight is 593 g/mol. The van der Waals surface area contributed by atoms with Crippen LogP contribution in [0.4, 0.5) is 4.79 Å². The number of rotatable bonds is 13. The van der Waals surface area contributed by atoms with Crippen molar-refractivity contribution >= 4 is 29.6 Å². The maximum absolute atomic E-state index is 14.3. The Labute approximate surface area is 253 Å². The number of likely N-dealkylation sites (tertiary alicyclic amines) is 1. The number of benzene rings is 1. The van der Waals surface area contributed by atoms with Crippen LogP contribution in [-0.2, 0) is 36.8 Å². The third kappa shape index (κ3) is 6.84. The summed E-state index contributed by atoms with van der Waals surface area (Å²) in [5.74, 6) is -2.65. The molecule has 3 aliphatic rings. The third-order valence-electron chi connectivity index (χ3n) is 9.12. The summed E-state index contributed by atoms with van der Waals surface area (Å²) in [6.07, 6.45) is 3.84. The first kappa shape index (κ1) is 32.0. The van der Waals surface area contributed by atoms with Crippen molar-refractivity contribution in [1.82, 2.24) is 20.9 Å². The molecule has 0 bridgehead atoms. The van der Waals surface area contributed by atoms with Gasteiger partial charge >= 0.3 is 6.09 Å². The minimum absolute atomic E-state index is 0.0921. The van der Waals surface area contributed by atoms with E-state index in [1.54, 1.807) is 24.8 Å². The Hall–Kier alpha value is -3.95. The number of ketones is 1. The number of fused-ring (bicyclic) bond motifs is 2. The molecule has 0 spiro atoms. The van der Waals surface area contributed by atoms with Crippen molar-refractivity contribution in [2.75, 3.05) is 13.1 Å². The highest BCUT2D eigenvalue weighted by atomic mass is 16.6. The van der Waals surface area contributed by atoms with E-state index in [1.807, 2.05) is 24.3 Å². The molecule has 0 radical (unpaired) electrons. The van der Waals surface area contributed by atoms with Crippen LogP contribution in [0.15, 0.2) is 49.6 Å². The van der Waals surface area contributed by atoms with E-state index in [1.165, 1.54) is 6.08 Å². The summed E-state index contributed by atoms with van der Waals surface area (Å²) < 4.78 is 5.34. The van der Waals surface area contributed by atoms with Gasteiger partial charge in [-0.25, -0.2) is 4.79 Å². The highest BCUT2D eigenvalue weighted by Crippen LogP contribution is 2.65. The fourth-order valence-corrected chi connectivity index (χ4v) is 6.80. The van der Waals surface area contributed by atoms with Crippen molar-refractivity contribution < 1.29 is 28.7 Å². The van der Waals surface area contributed by atoms with Crippen LogP contribution in [0.3, 0.4) is 0 Å². The van der Waals surface area contributed by atoms with Gasteiger partial charge in [0.05, 0.1) is 12.1 Å². The number of nitrogens with zero attached hydrogens (tertiary/aromatic N) is 1. The van der Waals surface area contributed by atoms with E-state index >= 15 is 0 Å². The lowest BCUT2D eigenvalue weighted by atomic mass is 9.93. The normalized spacial score (nSPS) is 22.9. The summed E-state index contributed by atoms with van der Waals surface area (Å²) in [7, 11) is 0. The van der Waals surface area contributed by atoms with Gasteiger partial charge in [-0.2, -0.15) is 0 Å². The van der Waals surface area contributed by atoms with Crippen molar-refractivity contribution in [3.8, 4) is 0 Å². The Kier molecular flexibility index (Phi) is 9.77. The number of allylic oxidation sites excluding steroid dienone is 1. The summed E-state index contributed by atoms with van der Waals surface area (Å²) in [5.41, 5.74) is 2.08. The maximum atomic E-state index is 14.3. The molecule has 43 heavy (non-hydrogen) atoms. The maximum Gasteiger partial charge on any atom is 0.408 e. The number of amides is 4. The molecule has 1 saturated heterocycles. The predicted octanol–water partition coefficient (Wildman–Crippen LogP) is 2.71. The van der Waals surface area contributed by atoms with Crippen LogP contribution in [0.1, 0.15) is 51.7 Å². The number of nitrogens with one attached hydrogen (secondary N) is 3. The van der Waals surface area contributed by atoms with Crippen molar-refractivity contribution in [3.63, 3.8) is 0 Å². The van der Waals surface area contributed by atoms with Crippen molar-refractivity contribution in [2.24, 2.45) is 23.2 Å². The van der Waals surface area contributed by atoms with Crippen molar-refractivity contribution in [1.29, 1.82) is 0 Å². The van der Waals surface area contributed by atoms with Gasteiger partial charge in [0.25, 0.3) is 5.91 Å². The highest BCUT2D eigenvalue weighted by Gasteiger charge is 2.69. The lowest BCUT2D eigenvalue weighted by Gasteiger charge is -2.35. The van der Waals surface area contributed by atoms with Gasteiger partial charge in [0, 0.05) is 13.1 Å². The molecule has 2 fully saturated rings. The fourth-order valence-electron chi connectivity index (χ4n) is 6.80. The number of alkyl carbamates (subject to hydrolysis) is 1. The zero-order valence-corrected chi connectivity index (χ0v) is 25.6. The van der Waals surface area contributed by atoms with Crippen LogP contribution >= 0.6 is 0 Å². The predicted molar refractivity (Wildman–Crippen MR) is 162 cm³/mol. The first-order chi connectivity index (χ1) is 20.4. The second kappa shape index (κ2) is 13.1. The minimum Gasteiger partial charge on any atom is -0.447 e. The molecular weight excluding hydrogens is 548 g/mol. The number of piperidine rings is 1. The number of carbonyl (C=O) groups excluding carboxylic acids is 5. The SMILES string of the molecule is C=CCCC(NC(=O)C1C2C(CN1C(=O)C(NC(=O)OC(C)C)C1Cc3ccccc3C1)C2(C)C)C(=O)C(=O)NCC=C. The van der Waals surface area contributed by atoms with Gasteiger partial charge in [-0.15, -0.1) is 13.2 Å². The van der Waals surface area contributed by atoms with E-state index in [9.17, 15) is 24.0 Å². The van der Waals surface area contributed by atoms with Crippen LogP contribution in [0.2, 0.25) is 0 Å². The Morgan fingerprint density at radius 3 is 2.28 bits per heavy atom. The summed E-state index contributed by atoms with van der Waals surface area (Å²) in [4.78, 5) is 68.1. The molecule has 1 aliphatic heterocycles. The Bertz CT molecular complexity index is 1260. The van der Waals surface area contributed by atoms with E-state index < -0.39 is 41.8 Å². The van der Waals surface area contributed by atoms with E-state index in [0.29, 0.717) is 25.8 Å². The summed E-state index contributed by atoms with van der Waals surface area (Å²) in [6.45, 7) is 15.3. The van der Waals surface area contributed by atoms with Gasteiger partial charge in [-0.1, -0.05) is 50.3 Å². The summed E-state index contributed by atoms with van der Waals surface area (Å²) >= 11 is 0. The second-order valence-electron chi connectivity index (χ2n) is 12.7. The lowest BCUT2D eigenvalue weighted by molar-refractivity contribution is -0.144. The fraction of sp³-hybridized carbons (Fsp3) is 0.545. The van der Waals surface area contributed by atoms with Gasteiger partial charge in [-0.3, -0.25) is 19.2 Å². The molecule has 10 heteroatoms. The third-order valence-corrected chi connectivity index (χ3v) is 9.12. The van der Waals surface area contributed by atoms with Gasteiger partial charge in [-0.05, 0) is 73.8 Å². The smallest absolute Gasteiger partial charge is 0.408 e. The second-order valence-corrected chi connectivity index (χ2v) is 12.7. The molecule has 1 heterocycles. The molecule has 1 aromatic carbocycles. The van der Waals surface area contributed by atoms with Crippen LogP contribution in [0.25, 0.3) is 0 Å². The van der Waals surface area contributed by atoms with Gasteiger partial charge in [0.15, 0.2) is 0 Å². The number of ether oxygens (including phenoxy) is 1. The van der Waals surface area contributed by atoms with Crippen molar-refractivity contribution in [2.45, 2.75) is 77.6 Å². The number of hydrogen-bond acceptors (Lipinski definition) is 6. The molecular formula is C33H44N4O6. The number of Topliss-reactive ketones (excluding diaryl/α,β-unsaturated/α-hetero) is 1. The van der Waals surface area contributed by atoms with Gasteiger partial charge < -0.3 is 25.6 Å². The minimum atomic E-state index is -1.08. The summed E-state index contributed by atoms with van der Waals surface area (Å²) in [6, 6.07) is 5.13. The van der Waals surface area contributed by atoms with Crippen LogP contribution in [0.5, 0.6) is 0 Å². The topological polar surface area (TPSA) is 134 Å². The quantitative estimate of drug-likeness (QED) is 0.238. The van der Waals surface area contributed by atoms with E-state index in [-0.39, 0.29) is 48.1 Å². The monoisotopic (exact) mass is 592 g/mol. The molecule has 4 amide bonds. The highest BCUT2D eigenvalue weighted by molar-refractivity contribution is 6.38. The van der Waals surface area contributed by atoms with Crippen LogP contribution in [0, 0.1) is 23.2 Å². The molecule has 2 aliphatic carbocycles. The Morgan fingerprint density at radius 2 is 1.70 bits per heavy atom. The first-order valence-electron chi connectivity index (χ1n) is 15.1.